The van der Waals surface area contributed by atoms with Crippen LogP contribution in [0, 0.1) is 0 Å². The molecule has 0 unspecified atom stereocenters. The molecule has 0 saturated heterocycles. The molecule has 0 atom stereocenters. The van der Waals surface area contributed by atoms with Gasteiger partial charge in [0.15, 0.2) is 0 Å². The number of nitrogens with one attached hydrogen (secondary N) is 1. The number of benzene rings is 1. The fourth-order valence-electron chi connectivity index (χ4n) is 2.36. The fraction of sp³-hybridized carbons (Fsp3) is 0.357. The molecule has 3 rings (SSSR count). The van der Waals surface area contributed by atoms with Gasteiger partial charge in [-0.3, -0.25) is 4.79 Å². The number of hydrogen-bond acceptors (Lipinski definition) is 3. The van der Waals surface area contributed by atoms with Gasteiger partial charge >= 0.3 is 0 Å². The van der Waals surface area contributed by atoms with Gasteiger partial charge in [0.05, 0.1) is 17.4 Å². The molecule has 1 amide bonds. The van der Waals surface area contributed by atoms with E-state index in [4.69, 9.17) is 0 Å². The van der Waals surface area contributed by atoms with Crippen molar-refractivity contribution in [1.82, 2.24) is 15.0 Å². The van der Waals surface area contributed by atoms with Crippen LogP contribution in [0.4, 0.5) is 0 Å². The highest BCUT2D eigenvalue weighted by atomic mass is 16.2. The second kappa shape index (κ2) is 5.22. The molecule has 5 nitrogen and oxygen atoms in total. The maximum absolute atomic E-state index is 11.8. The highest BCUT2D eigenvalue weighted by Crippen LogP contribution is 2.14. The van der Waals surface area contributed by atoms with Gasteiger partial charge in [-0.2, -0.15) is 5.10 Å². The van der Waals surface area contributed by atoms with E-state index < -0.39 is 0 Å². The minimum Gasteiger partial charge on any atom is -0.321 e. The molecule has 1 aliphatic carbocycles. The maximum Gasteiger partial charge on any atom is 0.260 e. The number of aromatic nitrogens is 2. The monoisotopic (exact) mass is 256 g/mol. The van der Waals surface area contributed by atoms with Crippen LogP contribution in [0.2, 0.25) is 0 Å². The summed E-state index contributed by atoms with van der Waals surface area (Å²) in [6.07, 6.45) is 6.07. The number of amides is 1. The summed E-state index contributed by atoms with van der Waals surface area (Å²) in [4.78, 5) is 16.1. The number of imidazole rings is 1. The van der Waals surface area contributed by atoms with Crippen LogP contribution in [0.1, 0.15) is 25.7 Å². The molecule has 1 aromatic carbocycles. The molecule has 1 saturated carbocycles. The van der Waals surface area contributed by atoms with E-state index in [1.165, 1.54) is 12.8 Å². The third kappa shape index (κ3) is 2.65. The molecule has 98 valence electrons. The molecule has 5 heteroatoms. The van der Waals surface area contributed by atoms with Gasteiger partial charge in [0.1, 0.15) is 6.54 Å². The van der Waals surface area contributed by atoms with Gasteiger partial charge in [-0.15, -0.1) is 0 Å². The van der Waals surface area contributed by atoms with Crippen LogP contribution in [-0.4, -0.2) is 21.2 Å². The highest BCUT2D eigenvalue weighted by molar-refractivity contribution is 5.88. The molecule has 19 heavy (non-hydrogen) atoms. The molecule has 2 aromatic rings. The number of hydrazone groups is 1. The van der Waals surface area contributed by atoms with Crippen molar-refractivity contribution < 1.29 is 4.79 Å². The van der Waals surface area contributed by atoms with E-state index in [-0.39, 0.29) is 12.5 Å². The zero-order valence-corrected chi connectivity index (χ0v) is 10.7. The fourth-order valence-corrected chi connectivity index (χ4v) is 2.36. The molecule has 0 aliphatic heterocycles. The van der Waals surface area contributed by atoms with Crippen molar-refractivity contribution in [3.05, 3.63) is 30.6 Å². The summed E-state index contributed by atoms with van der Waals surface area (Å²) in [5.41, 5.74) is 5.59. The molecule has 1 heterocycles. The Morgan fingerprint density at radius 1 is 1.32 bits per heavy atom. The molecular formula is C14H16N4O. The van der Waals surface area contributed by atoms with E-state index in [0.29, 0.717) is 0 Å². The zero-order chi connectivity index (χ0) is 13.1. The summed E-state index contributed by atoms with van der Waals surface area (Å²) in [5.74, 6) is -0.109. The van der Waals surface area contributed by atoms with E-state index in [1.807, 2.05) is 28.8 Å². The Kier molecular flexibility index (Phi) is 3.27. The minimum absolute atomic E-state index is 0.109. The van der Waals surface area contributed by atoms with Gasteiger partial charge in [0.25, 0.3) is 5.91 Å². The molecule has 0 spiro atoms. The van der Waals surface area contributed by atoms with Crippen molar-refractivity contribution in [2.24, 2.45) is 5.10 Å². The quantitative estimate of drug-likeness (QED) is 0.855. The Morgan fingerprint density at radius 3 is 2.95 bits per heavy atom. The van der Waals surface area contributed by atoms with E-state index in [0.717, 1.165) is 29.6 Å². The summed E-state index contributed by atoms with van der Waals surface area (Å²) in [7, 11) is 0. The van der Waals surface area contributed by atoms with Crippen LogP contribution in [-0.2, 0) is 11.3 Å². The SMILES string of the molecule is O=C(Cn1cnc2ccccc21)NN=C1CCCC1. The van der Waals surface area contributed by atoms with Gasteiger partial charge in [0.2, 0.25) is 0 Å². The van der Waals surface area contributed by atoms with Crippen LogP contribution in [0.3, 0.4) is 0 Å². The maximum atomic E-state index is 11.8. The third-order valence-corrected chi connectivity index (χ3v) is 3.36. The number of hydrogen-bond donors (Lipinski definition) is 1. The first kappa shape index (κ1) is 11.9. The first-order chi connectivity index (χ1) is 9.33. The molecule has 1 fully saturated rings. The van der Waals surface area contributed by atoms with Gasteiger partial charge in [-0.1, -0.05) is 12.1 Å². The number of carbonyl (C=O) groups is 1. The highest BCUT2D eigenvalue weighted by Gasteiger charge is 2.10. The normalized spacial score (nSPS) is 14.8. The predicted octanol–water partition coefficient (Wildman–Crippen LogP) is 2.08. The van der Waals surface area contributed by atoms with Gasteiger partial charge in [-0.25, -0.2) is 10.4 Å². The molecule has 1 aliphatic rings. The average molecular weight is 256 g/mol. The number of carbonyl (C=O) groups excluding carboxylic acids is 1. The summed E-state index contributed by atoms with van der Waals surface area (Å²) in [5, 5.41) is 4.17. The van der Waals surface area contributed by atoms with Crippen molar-refractivity contribution in [3.63, 3.8) is 0 Å². The molecule has 0 bridgehead atoms. The number of para-hydroxylation sites is 2. The van der Waals surface area contributed by atoms with Gasteiger partial charge in [-0.05, 0) is 37.8 Å². The Labute approximate surface area is 111 Å². The topological polar surface area (TPSA) is 59.3 Å². The molecular weight excluding hydrogens is 240 g/mol. The Bertz CT molecular complexity index is 621. The molecule has 0 radical (unpaired) electrons. The third-order valence-electron chi connectivity index (χ3n) is 3.36. The van der Waals surface area contributed by atoms with Crippen molar-refractivity contribution in [3.8, 4) is 0 Å². The van der Waals surface area contributed by atoms with Crippen LogP contribution in [0.5, 0.6) is 0 Å². The zero-order valence-electron chi connectivity index (χ0n) is 10.7. The van der Waals surface area contributed by atoms with Crippen molar-refractivity contribution in [2.45, 2.75) is 32.2 Å². The van der Waals surface area contributed by atoms with Crippen molar-refractivity contribution in [1.29, 1.82) is 0 Å². The van der Waals surface area contributed by atoms with Crippen molar-refractivity contribution >= 4 is 22.7 Å². The lowest BCUT2D eigenvalue weighted by molar-refractivity contribution is -0.121. The first-order valence-electron chi connectivity index (χ1n) is 6.57. The number of fused-ring (bicyclic) bond motifs is 1. The van der Waals surface area contributed by atoms with E-state index >= 15 is 0 Å². The van der Waals surface area contributed by atoms with Crippen molar-refractivity contribution in [2.75, 3.05) is 0 Å². The smallest absolute Gasteiger partial charge is 0.260 e. The summed E-state index contributed by atoms with van der Waals surface area (Å²) < 4.78 is 1.83. The standard InChI is InChI=1S/C14H16N4O/c19-14(17-16-11-5-1-2-6-11)9-18-10-15-12-7-3-4-8-13(12)18/h3-4,7-8,10H,1-2,5-6,9H2,(H,17,19). The van der Waals surface area contributed by atoms with Crippen LogP contribution in [0.15, 0.2) is 35.7 Å². The second-order valence-electron chi connectivity index (χ2n) is 4.78. The lowest BCUT2D eigenvalue weighted by atomic mass is 10.3. The van der Waals surface area contributed by atoms with Crippen LogP contribution >= 0.6 is 0 Å². The average Bonchev–Trinajstić information content (AvgIpc) is 3.07. The Balaban J connectivity index is 1.67. The lowest BCUT2D eigenvalue weighted by Gasteiger charge is -2.03. The molecule has 1 aromatic heterocycles. The number of nitrogens with zero attached hydrogens (tertiary/aromatic N) is 3. The first-order valence-corrected chi connectivity index (χ1v) is 6.57. The minimum atomic E-state index is -0.109. The summed E-state index contributed by atoms with van der Waals surface area (Å²) in [6, 6.07) is 7.77. The van der Waals surface area contributed by atoms with Crippen LogP contribution < -0.4 is 5.43 Å². The lowest BCUT2D eigenvalue weighted by Crippen LogP contribution is -2.23. The largest absolute Gasteiger partial charge is 0.321 e. The second-order valence-corrected chi connectivity index (χ2v) is 4.78. The van der Waals surface area contributed by atoms with Crippen LogP contribution in [0.25, 0.3) is 11.0 Å². The molecule has 1 N–H and O–H groups in total. The summed E-state index contributed by atoms with van der Waals surface area (Å²) >= 11 is 0. The Hall–Kier alpha value is -2.17. The van der Waals surface area contributed by atoms with E-state index in [9.17, 15) is 4.79 Å². The van der Waals surface area contributed by atoms with E-state index in [2.05, 4.69) is 15.5 Å². The van der Waals surface area contributed by atoms with E-state index in [1.54, 1.807) is 6.33 Å². The number of rotatable bonds is 3. The van der Waals surface area contributed by atoms with Gasteiger partial charge in [0, 0.05) is 5.71 Å². The van der Waals surface area contributed by atoms with Gasteiger partial charge < -0.3 is 4.57 Å². The predicted molar refractivity (Wildman–Crippen MR) is 73.8 cm³/mol. The summed E-state index contributed by atoms with van der Waals surface area (Å²) in [6.45, 7) is 0.247. The Morgan fingerprint density at radius 2 is 2.11 bits per heavy atom.